The van der Waals surface area contributed by atoms with Crippen LogP contribution in [0.4, 0.5) is 0 Å². The van der Waals surface area contributed by atoms with E-state index in [9.17, 15) is 9.59 Å². The molecule has 29 heavy (non-hydrogen) atoms. The number of carbonyl (C=O) groups is 2. The Hall–Kier alpha value is -0.900. The van der Waals surface area contributed by atoms with Crippen LogP contribution in [0, 0.1) is 33.5 Å². The standard InChI is InChI=1S/C25H42NO3/c1-22-12-8-19-23(2)10-7-11-24(3,21(28)29-15-14-26(4,5)6)18(23)9-13-25(19,17-22)16-20(22)27/h18-19H,7-17H2,1-6H3/q+1/t18-,19-,22-,23+,24+,25-/m0/s1. The van der Waals surface area contributed by atoms with Gasteiger partial charge in [-0.3, -0.25) is 9.59 Å². The maximum Gasteiger partial charge on any atom is 0.312 e. The summed E-state index contributed by atoms with van der Waals surface area (Å²) in [7, 11) is 6.40. The molecule has 0 amide bonds. The van der Waals surface area contributed by atoms with Crippen LogP contribution in [0.25, 0.3) is 0 Å². The molecule has 0 aromatic rings. The molecule has 0 aliphatic heterocycles. The van der Waals surface area contributed by atoms with E-state index in [0.29, 0.717) is 24.2 Å². The number of nitrogens with zero attached hydrogens (tertiary/aromatic N) is 1. The van der Waals surface area contributed by atoms with Gasteiger partial charge in [-0.15, -0.1) is 0 Å². The first-order chi connectivity index (χ1) is 13.3. The number of esters is 1. The Bertz CT molecular complexity index is 711. The molecule has 6 atom stereocenters. The molecule has 0 radical (unpaired) electrons. The van der Waals surface area contributed by atoms with Crippen molar-refractivity contribution in [3.05, 3.63) is 0 Å². The highest BCUT2D eigenvalue weighted by atomic mass is 16.5. The first kappa shape index (κ1) is 21.3. The number of Topliss-reactive ketones (excluding diaryl/α,β-unsaturated/α-hetero) is 1. The molecule has 4 rings (SSSR count). The van der Waals surface area contributed by atoms with Crippen LogP contribution in [0.15, 0.2) is 0 Å². The quantitative estimate of drug-likeness (QED) is 0.508. The molecule has 4 heteroatoms. The van der Waals surface area contributed by atoms with Crippen LogP contribution in [0.5, 0.6) is 0 Å². The minimum absolute atomic E-state index is 0.0287. The van der Waals surface area contributed by atoms with Gasteiger partial charge in [-0.25, -0.2) is 0 Å². The zero-order chi connectivity index (χ0) is 21.3. The van der Waals surface area contributed by atoms with E-state index in [2.05, 4.69) is 41.9 Å². The SMILES string of the molecule is C[C@@]12CC[C@@H]3[C@@](CC[C@H]4[C@@]3(C)CCC[C@@]4(C)C(=O)OCC[N+](C)(C)C)(CC1=O)C2. The second-order valence-electron chi connectivity index (χ2n) is 12.8. The van der Waals surface area contributed by atoms with E-state index in [4.69, 9.17) is 4.74 Å². The fourth-order valence-electron chi connectivity index (χ4n) is 8.33. The first-order valence-electron chi connectivity index (χ1n) is 11.9. The molecule has 0 heterocycles. The summed E-state index contributed by atoms with van der Waals surface area (Å²) in [5, 5.41) is 0. The zero-order valence-corrected chi connectivity index (χ0v) is 19.6. The summed E-state index contributed by atoms with van der Waals surface area (Å²) < 4.78 is 6.68. The van der Waals surface area contributed by atoms with Gasteiger partial charge in [0.15, 0.2) is 0 Å². The molecule has 1 spiro atoms. The molecule has 4 aliphatic rings. The fourth-order valence-corrected chi connectivity index (χ4v) is 8.33. The predicted octanol–water partition coefficient (Wildman–Crippen LogP) is 4.61. The molecule has 2 bridgehead atoms. The van der Waals surface area contributed by atoms with Gasteiger partial charge >= 0.3 is 5.97 Å². The smallest absolute Gasteiger partial charge is 0.312 e. The van der Waals surface area contributed by atoms with Crippen molar-refractivity contribution in [2.75, 3.05) is 34.3 Å². The lowest BCUT2D eigenvalue weighted by Crippen LogP contribution is -2.59. The molecule has 0 aromatic heterocycles. The summed E-state index contributed by atoms with van der Waals surface area (Å²) in [6.45, 7) is 8.21. The minimum atomic E-state index is -0.372. The van der Waals surface area contributed by atoms with E-state index in [1.54, 1.807) is 0 Å². The van der Waals surface area contributed by atoms with Crippen LogP contribution in [0.3, 0.4) is 0 Å². The Kier molecular flexibility index (Phi) is 4.82. The number of hydrogen-bond acceptors (Lipinski definition) is 3. The summed E-state index contributed by atoms with van der Waals surface area (Å²) in [4.78, 5) is 26.2. The van der Waals surface area contributed by atoms with Crippen LogP contribution in [0.1, 0.15) is 78.6 Å². The Morgan fingerprint density at radius 1 is 1.03 bits per heavy atom. The minimum Gasteiger partial charge on any atom is -0.459 e. The average molecular weight is 405 g/mol. The summed E-state index contributed by atoms with van der Waals surface area (Å²) in [6, 6.07) is 0. The van der Waals surface area contributed by atoms with Crippen LogP contribution >= 0.6 is 0 Å². The molecule has 4 nitrogen and oxygen atoms in total. The normalized spacial score (nSPS) is 46.8. The lowest BCUT2D eigenvalue weighted by molar-refractivity contribution is -0.870. The molecule has 0 N–H and O–H groups in total. The zero-order valence-electron chi connectivity index (χ0n) is 19.6. The highest BCUT2D eigenvalue weighted by molar-refractivity contribution is 5.88. The van der Waals surface area contributed by atoms with E-state index in [1.807, 2.05) is 0 Å². The van der Waals surface area contributed by atoms with Crippen molar-refractivity contribution >= 4 is 11.8 Å². The molecule has 0 aromatic carbocycles. The third-order valence-electron chi connectivity index (χ3n) is 9.82. The Balaban J connectivity index is 1.57. The van der Waals surface area contributed by atoms with Gasteiger partial charge in [-0.2, -0.15) is 0 Å². The molecule has 4 saturated carbocycles. The average Bonchev–Trinajstić information content (AvgIpc) is 2.77. The number of ether oxygens (including phenoxy) is 1. The van der Waals surface area contributed by atoms with Crippen LogP contribution in [-0.4, -0.2) is 50.5 Å². The molecule has 0 saturated heterocycles. The van der Waals surface area contributed by atoms with Crippen molar-refractivity contribution < 1.29 is 18.8 Å². The van der Waals surface area contributed by atoms with Gasteiger partial charge < -0.3 is 9.22 Å². The monoisotopic (exact) mass is 404 g/mol. The fraction of sp³-hybridized carbons (Fsp3) is 0.920. The van der Waals surface area contributed by atoms with Gasteiger partial charge in [-0.1, -0.05) is 20.3 Å². The lowest BCUT2D eigenvalue weighted by atomic mass is 9.40. The molecular formula is C25H42NO3+. The molecule has 4 fully saturated rings. The number of likely N-dealkylation sites (N-methyl/N-ethyl adjacent to an activating group) is 1. The maximum absolute atomic E-state index is 13.3. The largest absolute Gasteiger partial charge is 0.459 e. The summed E-state index contributed by atoms with van der Waals surface area (Å²) >= 11 is 0. The van der Waals surface area contributed by atoms with Crippen molar-refractivity contribution in [1.29, 1.82) is 0 Å². The Morgan fingerprint density at radius 3 is 2.41 bits per heavy atom. The van der Waals surface area contributed by atoms with Gasteiger partial charge in [0.1, 0.15) is 18.9 Å². The number of hydrogen-bond donors (Lipinski definition) is 0. The number of carbonyl (C=O) groups excluding carboxylic acids is 2. The van der Waals surface area contributed by atoms with Crippen molar-refractivity contribution in [1.82, 2.24) is 0 Å². The predicted molar refractivity (Wildman–Crippen MR) is 114 cm³/mol. The van der Waals surface area contributed by atoms with Crippen molar-refractivity contribution in [2.24, 2.45) is 33.5 Å². The van der Waals surface area contributed by atoms with E-state index in [1.165, 1.54) is 12.8 Å². The van der Waals surface area contributed by atoms with Gasteiger partial charge in [-0.05, 0) is 74.5 Å². The van der Waals surface area contributed by atoms with Crippen LogP contribution in [0.2, 0.25) is 0 Å². The van der Waals surface area contributed by atoms with Crippen molar-refractivity contribution in [2.45, 2.75) is 78.6 Å². The number of ketones is 1. The molecule has 164 valence electrons. The van der Waals surface area contributed by atoms with E-state index in [0.717, 1.165) is 56.0 Å². The highest BCUT2D eigenvalue weighted by Gasteiger charge is 2.68. The third-order valence-corrected chi connectivity index (χ3v) is 9.82. The van der Waals surface area contributed by atoms with Crippen LogP contribution in [-0.2, 0) is 14.3 Å². The summed E-state index contributed by atoms with van der Waals surface area (Å²) in [5.41, 5.74) is -0.0673. The van der Waals surface area contributed by atoms with Gasteiger partial charge in [0.05, 0.1) is 26.6 Å². The first-order valence-corrected chi connectivity index (χ1v) is 11.9. The van der Waals surface area contributed by atoms with E-state index in [-0.39, 0.29) is 27.6 Å². The Morgan fingerprint density at radius 2 is 1.72 bits per heavy atom. The van der Waals surface area contributed by atoms with Crippen molar-refractivity contribution in [3.8, 4) is 0 Å². The van der Waals surface area contributed by atoms with Crippen molar-refractivity contribution in [3.63, 3.8) is 0 Å². The third kappa shape index (κ3) is 3.20. The summed E-state index contributed by atoms with van der Waals surface area (Å²) in [5.74, 6) is 1.52. The van der Waals surface area contributed by atoms with Gasteiger partial charge in [0.25, 0.3) is 0 Å². The van der Waals surface area contributed by atoms with Gasteiger partial charge in [0, 0.05) is 11.8 Å². The number of fused-ring (bicyclic) bond motifs is 3. The van der Waals surface area contributed by atoms with Gasteiger partial charge in [0.2, 0.25) is 0 Å². The lowest BCUT2D eigenvalue weighted by Gasteiger charge is -2.63. The highest BCUT2D eigenvalue weighted by Crippen LogP contribution is 2.73. The Labute approximate surface area is 177 Å². The van der Waals surface area contributed by atoms with Crippen LogP contribution < -0.4 is 0 Å². The van der Waals surface area contributed by atoms with E-state index < -0.39 is 0 Å². The topological polar surface area (TPSA) is 43.4 Å². The van der Waals surface area contributed by atoms with E-state index >= 15 is 0 Å². The molecule has 0 unspecified atom stereocenters. The number of rotatable bonds is 4. The second-order valence-corrected chi connectivity index (χ2v) is 12.8. The second kappa shape index (κ2) is 6.55. The molecule has 4 aliphatic carbocycles. The summed E-state index contributed by atoms with van der Waals surface area (Å²) in [6.07, 6.45) is 9.57. The number of quaternary nitrogens is 1. The molecular weight excluding hydrogens is 362 g/mol. The maximum atomic E-state index is 13.3.